The van der Waals surface area contributed by atoms with Crippen molar-refractivity contribution in [2.24, 2.45) is 0 Å². The van der Waals surface area contributed by atoms with Crippen molar-refractivity contribution in [3.05, 3.63) is 41.2 Å². The number of benzene rings is 1. The van der Waals surface area contributed by atoms with Crippen LogP contribution in [-0.4, -0.2) is 86.6 Å². The highest BCUT2D eigenvalue weighted by atomic mass is 16.2. The number of carbonyl (C=O) groups is 5. The fraction of sp³-hybridized carbons (Fsp3) is 0.381. The van der Waals surface area contributed by atoms with Gasteiger partial charge in [-0.2, -0.15) is 0 Å². The predicted octanol–water partition coefficient (Wildman–Crippen LogP) is -1.36. The van der Waals surface area contributed by atoms with E-state index in [1.54, 1.807) is 18.3 Å². The molecule has 3 aliphatic heterocycles. The van der Waals surface area contributed by atoms with Crippen molar-refractivity contribution in [3.63, 3.8) is 0 Å². The third kappa shape index (κ3) is 3.89. The lowest BCUT2D eigenvalue weighted by atomic mass is 10.0. The number of hydrogen-bond acceptors (Lipinski definition) is 8. The second-order valence-electron chi connectivity index (χ2n) is 8.21. The fourth-order valence-electron chi connectivity index (χ4n) is 4.30. The summed E-state index contributed by atoms with van der Waals surface area (Å²) in [4.78, 5) is 63.9. The zero-order valence-electron chi connectivity index (χ0n) is 17.6. The summed E-state index contributed by atoms with van der Waals surface area (Å²) in [6.07, 6.45) is 2.52. The molecule has 0 aliphatic carbocycles. The van der Waals surface area contributed by atoms with Gasteiger partial charge in [-0.15, -0.1) is 5.10 Å². The van der Waals surface area contributed by atoms with Crippen LogP contribution < -0.4 is 10.6 Å². The van der Waals surface area contributed by atoms with Gasteiger partial charge in [-0.25, -0.2) is 4.68 Å². The molecule has 2 aromatic rings. The minimum absolute atomic E-state index is 0.00797. The van der Waals surface area contributed by atoms with Gasteiger partial charge in [0.2, 0.25) is 17.7 Å². The molecule has 0 spiro atoms. The number of hydrogen-bond donors (Lipinski definition) is 2. The number of nitrogens with one attached hydrogen (secondary N) is 2. The second kappa shape index (κ2) is 8.20. The van der Waals surface area contributed by atoms with Crippen LogP contribution >= 0.6 is 0 Å². The molecule has 1 aromatic carbocycles. The van der Waals surface area contributed by atoms with Gasteiger partial charge in [0.1, 0.15) is 6.04 Å². The highest BCUT2D eigenvalue weighted by molar-refractivity contribution is 6.23. The van der Waals surface area contributed by atoms with Crippen molar-refractivity contribution >= 4 is 29.5 Å². The maximum atomic E-state index is 13.0. The van der Waals surface area contributed by atoms with Gasteiger partial charge in [0.25, 0.3) is 11.8 Å². The standard InChI is InChI=1S/C21H21N7O5/c29-17-4-3-16(19(31)23-17)28-20(32)14-2-1-13(9-15(14)21(28)33)27-10-12(24-25-27)5-7-26-8-6-22-18(30)11-26/h1-2,9-10,16H,3-8,11H2,(H,22,30)(H,23,29,31). The first-order chi connectivity index (χ1) is 15.9. The van der Waals surface area contributed by atoms with E-state index in [-0.39, 0.29) is 29.9 Å². The van der Waals surface area contributed by atoms with Gasteiger partial charge >= 0.3 is 0 Å². The number of fused-ring (bicyclic) bond motifs is 1. The van der Waals surface area contributed by atoms with Crippen LogP contribution in [0, 0.1) is 0 Å². The molecular formula is C21H21N7O5. The Labute approximate surface area is 187 Å². The summed E-state index contributed by atoms with van der Waals surface area (Å²) in [6.45, 7) is 2.44. The number of imide groups is 2. The van der Waals surface area contributed by atoms with Crippen LogP contribution in [0.15, 0.2) is 24.4 Å². The fourth-order valence-corrected chi connectivity index (χ4v) is 4.30. The van der Waals surface area contributed by atoms with Crippen molar-refractivity contribution in [1.82, 2.24) is 35.4 Å². The molecule has 0 bridgehead atoms. The van der Waals surface area contributed by atoms with E-state index in [0.717, 1.165) is 17.1 Å². The molecule has 12 heteroatoms. The maximum Gasteiger partial charge on any atom is 0.262 e. The van der Waals surface area contributed by atoms with Crippen LogP contribution in [0.2, 0.25) is 0 Å². The Morgan fingerprint density at radius 2 is 1.85 bits per heavy atom. The molecule has 5 rings (SSSR count). The molecule has 5 amide bonds. The van der Waals surface area contributed by atoms with Gasteiger partial charge in [0, 0.05) is 32.5 Å². The Morgan fingerprint density at radius 3 is 2.64 bits per heavy atom. The van der Waals surface area contributed by atoms with E-state index in [1.165, 1.54) is 10.7 Å². The Bertz CT molecular complexity index is 1190. The molecule has 2 fully saturated rings. The van der Waals surface area contributed by atoms with E-state index in [4.69, 9.17) is 0 Å². The lowest BCUT2D eigenvalue weighted by Crippen LogP contribution is -2.54. The lowest BCUT2D eigenvalue weighted by molar-refractivity contribution is -0.136. The van der Waals surface area contributed by atoms with Gasteiger partial charge in [-0.05, 0) is 24.6 Å². The number of nitrogens with zero attached hydrogens (tertiary/aromatic N) is 5. The van der Waals surface area contributed by atoms with Crippen molar-refractivity contribution in [2.75, 3.05) is 26.2 Å². The van der Waals surface area contributed by atoms with Crippen LogP contribution in [0.4, 0.5) is 0 Å². The SMILES string of the molecule is O=C1CN(CCc2cn(-c3ccc4c(c3)C(=O)N(C3CCC(=O)NC3=O)C4=O)nn2)CCN1. The van der Waals surface area contributed by atoms with Gasteiger partial charge in [-0.1, -0.05) is 5.21 Å². The monoisotopic (exact) mass is 451 g/mol. The smallest absolute Gasteiger partial charge is 0.262 e. The van der Waals surface area contributed by atoms with Gasteiger partial charge in [0.05, 0.1) is 35.2 Å². The summed E-state index contributed by atoms with van der Waals surface area (Å²) < 4.78 is 1.52. The molecule has 0 radical (unpaired) electrons. The zero-order valence-corrected chi connectivity index (χ0v) is 17.6. The van der Waals surface area contributed by atoms with Crippen LogP contribution in [0.25, 0.3) is 5.69 Å². The van der Waals surface area contributed by atoms with Crippen molar-refractivity contribution in [1.29, 1.82) is 0 Å². The molecule has 2 saturated heterocycles. The number of amides is 5. The molecule has 1 aromatic heterocycles. The number of rotatable bonds is 5. The summed E-state index contributed by atoms with van der Waals surface area (Å²) in [5.74, 6) is -2.18. The quantitative estimate of drug-likeness (QED) is 0.530. The third-order valence-electron chi connectivity index (χ3n) is 6.03. The second-order valence-corrected chi connectivity index (χ2v) is 8.21. The normalized spacial score (nSPS) is 21.3. The molecule has 3 aliphatic rings. The molecule has 0 saturated carbocycles. The van der Waals surface area contributed by atoms with Crippen molar-refractivity contribution in [2.45, 2.75) is 25.3 Å². The number of aromatic nitrogens is 3. The Kier molecular flexibility index (Phi) is 5.21. The molecular weight excluding hydrogens is 430 g/mol. The molecule has 170 valence electrons. The number of piperidine rings is 1. The molecule has 12 nitrogen and oxygen atoms in total. The van der Waals surface area contributed by atoms with Crippen LogP contribution in [0.5, 0.6) is 0 Å². The van der Waals surface area contributed by atoms with E-state index in [1.807, 2.05) is 4.90 Å². The maximum absolute atomic E-state index is 13.0. The largest absolute Gasteiger partial charge is 0.354 e. The van der Waals surface area contributed by atoms with E-state index in [0.29, 0.717) is 31.7 Å². The zero-order chi connectivity index (χ0) is 23.1. The summed E-state index contributed by atoms with van der Waals surface area (Å²) in [7, 11) is 0. The first-order valence-corrected chi connectivity index (χ1v) is 10.7. The molecule has 2 N–H and O–H groups in total. The minimum Gasteiger partial charge on any atom is -0.354 e. The minimum atomic E-state index is -1.01. The van der Waals surface area contributed by atoms with Crippen molar-refractivity contribution < 1.29 is 24.0 Å². The average molecular weight is 451 g/mol. The molecule has 1 unspecified atom stereocenters. The number of carbonyl (C=O) groups excluding carboxylic acids is 5. The first kappa shape index (κ1) is 20.9. The third-order valence-corrected chi connectivity index (χ3v) is 6.03. The van der Waals surface area contributed by atoms with Gasteiger partial charge in [0.15, 0.2) is 0 Å². The first-order valence-electron chi connectivity index (χ1n) is 10.7. The Hall–Kier alpha value is -3.93. The van der Waals surface area contributed by atoms with E-state index in [9.17, 15) is 24.0 Å². The predicted molar refractivity (Wildman–Crippen MR) is 111 cm³/mol. The summed E-state index contributed by atoms with van der Waals surface area (Å²) in [5.41, 5.74) is 1.67. The van der Waals surface area contributed by atoms with Gasteiger partial charge in [-0.3, -0.25) is 39.1 Å². The molecule has 1 atom stereocenters. The van der Waals surface area contributed by atoms with Crippen LogP contribution in [-0.2, 0) is 20.8 Å². The highest BCUT2D eigenvalue weighted by Crippen LogP contribution is 2.29. The van der Waals surface area contributed by atoms with E-state index >= 15 is 0 Å². The van der Waals surface area contributed by atoms with E-state index < -0.39 is 29.7 Å². The van der Waals surface area contributed by atoms with E-state index in [2.05, 4.69) is 20.9 Å². The highest BCUT2D eigenvalue weighted by Gasteiger charge is 2.44. The number of piperazine rings is 1. The van der Waals surface area contributed by atoms with Crippen molar-refractivity contribution in [3.8, 4) is 5.69 Å². The molecule has 4 heterocycles. The topological polar surface area (TPSA) is 147 Å². The summed E-state index contributed by atoms with van der Waals surface area (Å²) in [5, 5.41) is 13.3. The summed E-state index contributed by atoms with van der Waals surface area (Å²) >= 11 is 0. The lowest BCUT2D eigenvalue weighted by Gasteiger charge is -2.27. The van der Waals surface area contributed by atoms with Crippen LogP contribution in [0.3, 0.4) is 0 Å². The molecule has 33 heavy (non-hydrogen) atoms. The van der Waals surface area contributed by atoms with Gasteiger partial charge < -0.3 is 5.32 Å². The van der Waals surface area contributed by atoms with Crippen LogP contribution in [0.1, 0.15) is 39.3 Å². The summed E-state index contributed by atoms with van der Waals surface area (Å²) in [6, 6.07) is 3.73. The Morgan fingerprint density at radius 1 is 1.03 bits per heavy atom. The Balaban J connectivity index is 1.31. The average Bonchev–Trinajstić information content (AvgIpc) is 3.36.